The molecule has 0 saturated carbocycles. The molecule has 0 spiro atoms. The molecule has 2 heterocycles. The van der Waals surface area contributed by atoms with Crippen molar-refractivity contribution < 1.29 is 4.79 Å². The van der Waals surface area contributed by atoms with Gasteiger partial charge in [-0.3, -0.25) is 9.78 Å². The fourth-order valence-corrected chi connectivity index (χ4v) is 4.00. The Bertz CT molecular complexity index is 1190. The Balaban J connectivity index is 1.72. The van der Waals surface area contributed by atoms with Crippen LogP contribution in [0.15, 0.2) is 67.0 Å². The van der Waals surface area contributed by atoms with Gasteiger partial charge in [-0.25, -0.2) is 4.98 Å². The van der Waals surface area contributed by atoms with Gasteiger partial charge in [0, 0.05) is 25.4 Å². The van der Waals surface area contributed by atoms with Crippen molar-refractivity contribution in [1.82, 2.24) is 19.9 Å². The van der Waals surface area contributed by atoms with Crippen molar-refractivity contribution in [3.8, 4) is 0 Å². The summed E-state index contributed by atoms with van der Waals surface area (Å²) in [6.45, 7) is 2.40. The second-order valence-electron chi connectivity index (χ2n) is 7.32. The van der Waals surface area contributed by atoms with E-state index in [0.717, 1.165) is 28.0 Å². The first-order valence-electron chi connectivity index (χ1n) is 10.1. The molecule has 1 unspecified atom stereocenters. The van der Waals surface area contributed by atoms with E-state index in [1.165, 1.54) is 0 Å². The number of benzene rings is 2. The number of pyridine rings is 1. The molecule has 31 heavy (non-hydrogen) atoms. The third kappa shape index (κ3) is 4.73. The minimum absolute atomic E-state index is 0.0777. The lowest BCUT2D eigenvalue weighted by Crippen LogP contribution is -2.32. The van der Waals surface area contributed by atoms with E-state index < -0.39 is 6.04 Å². The van der Waals surface area contributed by atoms with Gasteiger partial charge >= 0.3 is 0 Å². The fourth-order valence-electron chi connectivity index (χ4n) is 3.69. The molecule has 1 atom stereocenters. The predicted molar refractivity (Wildman–Crippen MR) is 124 cm³/mol. The average Bonchev–Trinajstić information content (AvgIpc) is 3.11. The van der Waals surface area contributed by atoms with Gasteiger partial charge in [-0.05, 0) is 35.7 Å². The van der Waals surface area contributed by atoms with Crippen molar-refractivity contribution >= 4 is 40.1 Å². The SMILES string of the molecule is CCC(C(=O)NCc1cccnc1)n1c(Cc2ccccc2)nc2cc(Cl)c(Cl)cc21. The van der Waals surface area contributed by atoms with E-state index in [1.807, 2.05) is 54.0 Å². The monoisotopic (exact) mass is 452 g/mol. The van der Waals surface area contributed by atoms with E-state index in [9.17, 15) is 4.79 Å². The summed E-state index contributed by atoms with van der Waals surface area (Å²) >= 11 is 12.6. The lowest BCUT2D eigenvalue weighted by Gasteiger charge is -2.20. The van der Waals surface area contributed by atoms with Crippen LogP contribution in [0, 0.1) is 0 Å². The highest BCUT2D eigenvalue weighted by Crippen LogP contribution is 2.32. The summed E-state index contributed by atoms with van der Waals surface area (Å²) in [7, 11) is 0. The van der Waals surface area contributed by atoms with E-state index in [1.54, 1.807) is 24.5 Å². The Morgan fingerprint density at radius 2 is 1.81 bits per heavy atom. The van der Waals surface area contributed by atoms with Crippen LogP contribution in [-0.2, 0) is 17.8 Å². The zero-order valence-electron chi connectivity index (χ0n) is 17.1. The number of amides is 1. The smallest absolute Gasteiger partial charge is 0.243 e. The number of carbonyl (C=O) groups is 1. The van der Waals surface area contributed by atoms with E-state index in [0.29, 0.717) is 29.4 Å². The van der Waals surface area contributed by atoms with E-state index >= 15 is 0 Å². The van der Waals surface area contributed by atoms with Crippen LogP contribution in [0.25, 0.3) is 11.0 Å². The number of nitrogens with zero attached hydrogens (tertiary/aromatic N) is 3. The number of imidazole rings is 1. The Morgan fingerprint density at radius 3 is 2.52 bits per heavy atom. The number of fused-ring (bicyclic) bond motifs is 1. The Kier molecular flexibility index (Phi) is 6.54. The zero-order valence-corrected chi connectivity index (χ0v) is 18.6. The number of aromatic nitrogens is 3. The standard InChI is InChI=1S/C24H22Cl2N4O/c1-2-21(24(31)28-15-17-9-6-10-27-14-17)30-22-13-19(26)18(25)12-20(22)29-23(30)11-16-7-4-3-5-8-16/h3-10,12-14,21H,2,11,15H2,1H3,(H,28,31). The zero-order chi connectivity index (χ0) is 21.8. The summed E-state index contributed by atoms with van der Waals surface area (Å²) in [6, 6.07) is 17.0. The largest absolute Gasteiger partial charge is 0.350 e. The normalized spacial score (nSPS) is 12.1. The third-order valence-electron chi connectivity index (χ3n) is 5.20. The molecule has 158 valence electrons. The van der Waals surface area contributed by atoms with Crippen molar-refractivity contribution in [3.05, 3.63) is 94.0 Å². The summed E-state index contributed by atoms with van der Waals surface area (Å²) in [5.41, 5.74) is 3.57. The highest BCUT2D eigenvalue weighted by atomic mass is 35.5. The van der Waals surface area contributed by atoms with Gasteiger partial charge in [0.15, 0.2) is 0 Å². The molecule has 0 aliphatic rings. The van der Waals surface area contributed by atoms with Gasteiger partial charge in [0.25, 0.3) is 0 Å². The van der Waals surface area contributed by atoms with Crippen molar-refractivity contribution in [2.75, 3.05) is 0 Å². The summed E-state index contributed by atoms with van der Waals surface area (Å²) in [5, 5.41) is 3.91. The molecule has 2 aromatic carbocycles. The maximum absolute atomic E-state index is 13.2. The maximum Gasteiger partial charge on any atom is 0.243 e. The van der Waals surface area contributed by atoms with Gasteiger partial charge in [-0.2, -0.15) is 0 Å². The van der Waals surface area contributed by atoms with Crippen molar-refractivity contribution in [1.29, 1.82) is 0 Å². The molecular formula is C24H22Cl2N4O. The minimum Gasteiger partial charge on any atom is -0.350 e. The number of carbonyl (C=O) groups excluding carboxylic acids is 1. The van der Waals surface area contributed by atoms with E-state index in [-0.39, 0.29) is 5.91 Å². The van der Waals surface area contributed by atoms with Gasteiger partial charge in [-0.15, -0.1) is 0 Å². The van der Waals surface area contributed by atoms with Crippen LogP contribution >= 0.6 is 23.2 Å². The summed E-state index contributed by atoms with van der Waals surface area (Å²) < 4.78 is 1.99. The van der Waals surface area contributed by atoms with Crippen LogP contribution in [0.5, 0.6) is 0 Å². The fraction of sp³-hybridized carbons (Fsp3) is 0.208. The van der Waals surface area contributed by atoms with Crippen molar-refractivity contribution in [3.63, 3.8) is 0 Å². The first-order chi connectivity index (χ1) is 15.1. The topological polar surface area (TPSA) is 59.8 Å². The maximum atomic E-state index is 13.2. The van der Waals surface area contributed by atoms with E-state index in [4.69, 9.17) is 28.2 Å². The second-order valence-corrected chi connectivity index (χ2v) is 8.13. The Hall–Kier alpha value is -2.89. The molecule has 0 radical (unpaired) electrons. The first kappa shape index (κ1) is 21.3. The minimum atomic E-state index is -0.433. The van der Waals surface area contributed by atoms with Crippen LogP contribution in [-0.4, -0.2) is 20.4 Å². The predicted octanol–water partition coefficient (Wildman–Crippen LogP) is 5.60. The first-order valence-corrected chi connectivity index (χ1v) is 10.9. The molecule has 0 fully saturated rings. The van der Waals surface area contributed by atoms with Gasteiger partial charge in [0.1, 0.15) is 11.9 Å². The second kappa shape index (κ2) is 9.50. The van der Waals surface area contributed by atoms with Crippen LogP contribution < -0.4 is 5.32 Å². The third-order valence-corrected chi connectivity index (χ3v) is 5.92. The molecule has 4 rings (SSSR count). The lowest BCUT2D eigenvalue weighted by atomic mass is 10.1. The average molecular weight is 453 g/mol. The van der Waals surface area contributed by atoms with Gasteiger partial charge in [-0.1, -0.05) is 66.5 Å². The van der Waals surface area contributed by atoms with Crippen LogP contribution in [0.2, 0.25) is 10.0 Å². The van der Waals surface area contributed by atoms with Gasteiger partial charge in [0.05, 0.1) is 21.1 Å². The molecular weight excluding hydrogens is 431 g/mol. The van der Waals surface area contributed by atoms with Gasteiger partial charge < -0.3 is 9.88 Å². The van der Waals surface area contributed by atoms with Crippen LogP contribution in [0.3, 0.4) is 0 Å². The molecule has 7 heteroatoms. The molecule has 1 N–H and O–H groups in total. The molecule has 0 bridgehead atoms. The lowest BCUT2D eigenvalue weighted by molar-refractivity contribution is -0.124. The van der Waals surface area contributed by atoms with E-state index in [2.05, 4.69) is 10.3 Å². The van der Waals surface area contributed by atoms with Crippen molar-refractivity contribution in [2.24, 2.45) is 0 Å². The number of nitrogens with one attached hydrogen (secondary N) is 1. The highest BCUT2D eigenvalue weighted by molar-refractivity contribution is 6.42. The molecule has 4 aromatic rings. The van der Waals surface area contributed by atoms with Gasteiger partial charge in [0.2, 0.25) is 5.91 Å². The number of hydrogen-bond acceptors (Lipinski definition) is 3. The molecule has 2 aromatic heterocycles. The summed E-state index contributed by atoms with van der Waals surface area (Å²) in [4.78, 5) is 22.1. The van der Waals surface area contributed by atoms with Crippen LogP contribution in [0.4, 0.5) is 0 Å². The number of halogens is 2. The Labute approximate surface area is 191 Å². The molecule has 5 nitrogen and oxygen atoms in total. The highest BCUT2D eigenvalue weighted by Gasteiger charge is 2.25. The Morgan fingerprint density at radius 1 is 1.06 bits per heavy atom. The molecule has 0 aliphatic heterocycles. The summed E-state index contributed by atoms with van der Waals surface area (Å²) in [5.74, 6) is 0.717. The molecule has 0 aliphatic carbocycles. The summed E-state index contributed by atoms with van der Waals surface area (Å²) in [6.07, 6.45) is 4.66. The number of rotatable bonds is 7. The molecule has 1 amide bonds. The van der Waals surface area contributed by atoms with Crippen molar-refractivity contribution in [2.45, 2.75) is 32.4 Å². The molecule has 0 saturated heterocycles. The van der Waals surface area contributed by atoms with Crippen LogP contribution in [0.1, 0.15) is 36.3 Å². The number of hydrogen-bond donors (Lipinski definition) is 1. The quantitative estimate of drug-likeness (QED) is 0.397.